The van der Waals surface area contributed by atoms with Gasteiger partial charge in [-0.25, -0.2) is 4.98 Å². The fraction of sp³-hybridized carbons (Fsp3) is 0.471. The summed E-state index contributed by atoms with van der Waals surface area (Å²) in [5, 5.41) is 1.78. The minimum absolute atomic E-state index is 0.625. The molecule has 114 valence electrons. The predicted octanol–water partition coefficient (Wildman–Crippen LogP) is 3.66. The number of hydrogen-bond donors (Lipinski definition) is 0. The number of pyridine rings is 1. The Hall–Kier alpha value is -1.16. The molecule has 0 radical (unpaired) electrons. The van der Waals surface area contributed by atoms with Gasteiger partial charge in [-0.1, -0.05) is 36.7 Å². The summed E-state index contributed by atoms with van der Waals surface area (Å²) in [5.41, 5.74) is 2.07. The first-order chi connectivity index (χ1) is 10.1. The Kier molecular flexibility index (Phi) is 5.97. The Bertz CT molecular complexity index is 583. The lowest BCUT2D eigenvalue weighted by Gasteiger charge is -2.24. The van der Waals surface area contributed by atoms with Crippen molar-refractivity contribution in [3.05, 3.63) is 41.0 Å². The van der Waals surface area contributed by atoms with Gasteiger partial charge in [-0.15, -0.1) is 0 Å². The summed E-state index contributed by atoms with van der Waals surface area (Å²) in [7, 11) is 4.21. The van der Waals surface area contributed by atoms with Crippen molar-refractivity contribution in [3.63, 3.8) is 0 Å². The second-order valence-electron chi connectivity index (χ2n) is 5.71. The Morgan fingerprint density at radius 3 is 2.57 bits per heavy atom. The van der Waals surface area contributed by atoms with Gasteiger partial charge in [-0.05, 0) is 39.2 Å². The molecule has 2 aromatic rings. The van der Waals surface area contributed by atoms with Gasteiger partial charge >= 0.3 is 0 Å². The summed E-state index contributed by atoms with van der Waals surface area (Å²) in [6, 6.07) is 10.3. The molecule has 4 heteroatoms. The molecule has 0 aliphatic heterocycles. The van der Waals surface area contributed by atoms with E-state index in [0.717, 1.165) is 49.1 Å². The van der Waals surface area contributed by atoms with Crippen LogP contribution in [0.25, 0.3) is 10.9 Å². The highest BCUT2D eigenvalue weighted by molar-refractivity contribution is 6.30. The van der Waals surface area contributed by atoms with Crippen LogP contribution in [-0.2, 0) is 6.54 Å². The number of para-hydroxylation sites is 1. The predicted molar refractivity (Wildman–Crippen MR) is 90.9 cm³/mol. The smallest absolute Gasteiger partial charge is 0.134 e. The number of halogens is 1. The summed E-state index contributed by atoms with van der Waals surface area (Å²) in [5.74, 6) is 0. The molecule has 0 saturated carbocycles. The summed E-state index contributed by atoms with van der Waals surface area (Å²) >= 11 is 6.36. The first-order valence-corrected chi connectivity index (χ1v) is 7.89. The maximum Gasteiger partial charge on any atom is 0.134 e. The topological polar surface area (TPSA) is 19.4 Å². The molecular weight excluding hydrogens is 282 g/mol. The van der Waals surface area contributed by atoms with Crippen LogP contribution in [0.5, 0.6) is 0 Å². The zero-order valence-corrected chi connectivity index (χ0v) is 13.9. The van der Waals surface area contributed by atoms with E-state index in [1.807, 2.05) is 18.2 Å². The summed E-state index contributed by atoms with van der Waals surface area (Å²) in [6.45, 7) is 6.25. The number of benzene rings is 1. The summed E-state index contributed by atoms with van der Waals surface area (Å²) < 4.78 is 0. The Morgan fingerprint density at radius 1 is 1.10 bits per heavy atom. The molecule has 0 N–H and O–H groups in total. The van der Waals surface area contributed by atoms with Gasteiger partial charge in [0.2, 0.25) is 0 Å². The van der Waals surface area contributed by atoms with Crippen molar-refractivity contribution in [1.29, 1.82) is 0 Å². The second-order valence-corrected chi connectivity index (χ2v) is 6.07. The van der Waals surface area contributed by atoms with Crippen LogP contribution in [0.4, 0.5) is 0 Å². The van der Waals surface area contributed by atoms with Crippen LogP contribution in [0.1, 0.15) is 18.9 Å². The van der Waals surface area contributed by atoms with Gasteiger partial charge in [-0.3, -0.25) is 4.90 Å². The van der Waals surface area contributed by atoms with Gasteiger partial charge < -0.3 is 4.90 Å². The highest BCUT2D eigenvalue weighted by atomic mass is 35.5. The minimum atomic E-state index is 0.625. The van der Waals surface area contributed by atoms with Crippen LogP contribution >= 0.6 is 11.6 Å². The third kappa shape index (κ3) is 4.67. The van der Waals surface area contributed by atoms with Gasteiger partial charge in [0, 0.05) is 30.6 Å². The molecule has 0 unspecified atom stereocenters. The Morgan fingerprint density at radius 2 is 1.86 bits per heavy atom. The number of rotatable bonds is 7. The molecule has 0 amide bonds. The molecule has 1 aromatic heterocycles. The number of fused-ring (bicyclic) bond motifs is 1. The van der Waals surface area contributed by atoms with E-state index in [1.54, 1.807) is 0 Å². The molecule has 0 bridgehead atoms. The zero-order valence-electron chi connectivity index (χ0n) is 13.1. The van der Waals surface area contributed by atoms with Gasteiger partial charge in [0.1, 0.15) is 5.15 Å². The molecule has 0 aliphatic carbocycles. The van der Waals surface area contributed by atoms with Crippen LogP contribution < -0.4 is 0 Å². The Balaban J connectivity index is 2.17. The average Bonchev–Trinajstić information content (AvgIpc) is 2.45. The second kappa shape index (κ2) is 7.74. The maximum absolute atomic E-state index is 6.36. The van der Waals surface area contributed by atoms with Crippen molar-refractivity contribution in [2.75, 3.05) is 33.7 Å². The molecular formula is C17H24ClN3. The zero-order chi connectivity index (χ0) is 15.2. The van der Waals surface area contributed by atoms with Gasteiger partial charge in [0.25, 0.3) is 0 Å². The molecule has 2 rings (SSSR count). The van der Waals surface area contributed by atoms with Gasteiger partial charge in [-0.2, -0.15) is 0 Å². The first-order valence-electron chi connectivity index (χ1n) is 7.51. The fourth-order valence-corrected chi connectivity index (χ4v) is 2.62. The van der Waals surface area contributed by atoms with E-state index in [4.69, 9.17) is 11.6 Å². The highest BCUT2D eigenvalue weighted by Gasteiger charge is 2.10. The van der Waals surface area contributed by atoms with Crippen LogP contribution in [0.15, 0.2) is 30.3 Å². The highest BCUT2D eigenvalue weighted by Crippen LogP contribution is 2.21. The Labute approximate surface area is 132 Å². The molecule has 0 aliphatic rings. The van der Waals surface area contributed by atoms with Crippen molar-refractivity contribution in [1.82, 2.24) is 14.8 Å². The molecule has 3 nitrogen and oxygen atoms in total. The van der Waals surface area contributed by atoms with Crippen LogP contribution in [-0.4, -0.2) is 48.5 Å². The largest absolute Gasteiger partial charge is 0.308 e. The summed E-state index contributed by atoms with van der Waals surface area (Å²) in [4.78, 5) is 9.17. The lowest BCUT2D eigenvalue weighted by molar-refractivity contribution is 0.234. The van der Waals surface area contributed by atoms with E-state index in [2.05, 4.69) is 47.9 Å². The van der Waals surface area contributed by atoms with Crippen molar-refractivity contribution in [2.24, 2.45) is 0 Å². The van der Waals surface area contributed by atoms with Crippen molar-refractivity contribution >= 4 is 22.5 Å². The molecule has 0 spiro atoms. The van der Waals surface area contributed by atoms with Crippen molar-refractivity contribution in [3.8, 4) is 0 Å². The normalized spacial score (nSPS) is 11.7. The maximum atomic E-state index is 6.36. The van der Waals surface area contributed by atoms with Gasteiger partial charge in [0.05, 0.1) is 5.52 Å². The van der Waals surface area contributed by atoms with Crippen LogP contribution in [0, 0.1) is 0 Å². The molecule has 0 atom stereocenters. The monoisotopic (exact) mass is 305 g/mol. The van der Waals surface area contributed by atoms with Crippen LogP contribution in [0.3, 0.4) is 0 Å². The quantitative estimate of drug-likeness (QED) is 0.728. The number of aromatic nitrogens is 1. The van der Waals surface area contributed by atoms with Crippen LogP contribution in [0.2, 0.25) is 5.15 Å². The standard InChI is InChI=1S/C17H24ClN3/c1-4-9-21(11-10-20(2)3)13-15-12-14-7-5-6-8-16(14)19-17(15)18/h5-8,12H,4,9-11,13H2,1-3H3. The third-order valence-corrected chi connectivity index (χ3v) is 3.87. The molecule has 1 heterocycles. The third-order valence-electron chi connectivity index (χ3n) is 3.55. The van der Waals surface area contributed by atoms with E-state index in [-0.39, 0.29) is 0 Å². The van der Waals surface area contributed by atoms with Gasteiger partial charge in [0.15, 0.2) is 0 Å². The van der Waals surface area contributed by atoms with Crippen molar-refractivity contribution < 1.29 is 0 Å². The molecule has 0 fully saturated rings. The lowest BCUT2D eigenvalue weighted by atomic mass is 10.1. The van der Waals surface area contributed by atoms with E-state index < -0.39 is 0 Å². The first kappa shape index (κ1) is 16.2. The van der Waals surface area contributed by atoms with E-state index >= 15 is 0 Å². The molecule has 21 heavy (non-hydrogen) atoms. The minimum Gasteiger partial charge on any atom is -0.308 e. The molecule has 1 aromatic carbocycles. The SMILES string of the molecule is CCCN(CCN(C)C)Cc1cc2ccccc2nc1Cl. The number of nitrogens with zero attached hydrogens (tertiary/aromatic N) is 3. The number of hydrogen-bond acceptors (Lipinski definition) is 3. The number of likely N-dealkylation sites (N-methyl/N-ethyl adjacent to an activating group) is 1. The fourth-order valence-electron chi connectivity index (χ4n) is 2.42. The average molecular weight is 306 g/mol. The molecule has 0 saturated heterocycles. The van der Waals surface area contributed by atoms with E-state index in [1.165, 1.54) is 0 Å². The van der Waals surface area contributed by atoms with E-state index in [9.17, 15) is 0 Å². The summed E-state index contributed by atoms with van der Waals surface area (Å²) in [6.07, 6.45) is 1.14. The lowest BCUT2D eigenvalue weighted by Crippen LogP contribution is -2.32. The van der Waals surface area contributed by atoms with Crippen molar-refractivity contribution in [2.45, 2.75) is 19.9 Å². The van der Waals surface area contributed by atoms with E-state index in [0.29, 0.717) is 5.15 Å².